The van der Waals surface area contributed by atoms with Gasteiger partial charge in [-0.15, -0.1) is 0 Å². The van der Waals surface area contributed by atoms with Crippen LogP contribution in [0.4, 0.5) is 4.39 Å². The van der Waals surface area contributed by atoms with E-state index >= 15 is 0 Å². The highest BCUT2D eigenvalue weighted by atomic mass is 35.5. The number of aliphatic hydroxyl groups excluding tert-OH is 1. The normalized spacial score (nSPS) is 14.1. The molecular formula is C15H14Cl2FNO. The van der Waals surface area contributed by atoms with Crippen LogP contribution in [0.5, 0.6) is 0 Å². The Morgan fingerprint density at radius 1 is 1.10 bits per heavy atom. The molecule has 3 N–H and O–H groups in total. The molecular weight excluding hydrogens is 300 g/mol. The maximum atomic E-state index is 13.0. The lowest BCUT2D eigenvalue weighted by molar-refractivity contribution is 0.147. The molecule has 0 fully saturated rings. The first-order chi connectivity index (χ1) is 9.52. The molecule has 2 aromatic carbocycles. The fourth-order valence-corrected chi connectivity index (χ4v) is 2.64. The molecule has 2 atom stereocenters. The smallest absolute Gasteiger partial charge is 0.123 e. The summed E-state index contributed by atoms with van der Waals surface area (Å²) in [5.41, 5.74) is 7.05. The minimum Gasteiger partial charge on any atom is -0.388 e. The Balaban J connectivity index is 2.33. The molecule has 0 aliphatic heterocycles. The summed E-state index contributed by atoms with van der Waals surface area (Å²) in [6, 6.07) is 10.8. The van der Waals surface area contributed by atoms with Crippen LogP contribution in [0.15, 0.2) is 42.5 Å². The molecule has 2 unspecified atom stereocenters. The summed E-state index contributed by atoms with van der Waals surface area (Å²) in [7, 11) is 0. The van der Waals surface area contributed by atoms with Crippen LogP contribution in [0.25, 0.3) is 0 Å². The second kappa shape index (κ2) is 6.55. The lowest BCUT2D eigenvalue weighted by Crippen LogP contribution is -2.20. The Morgan fingerprint density at radius 3 is 2.30 bits per heavy atom. The average molecular weight is 314 g/mol. The van der Waals surface area contributed by atoms with E-state index in [0.717, 1.165) is 5.56 Å². The molecule has 0 aliphatic carbocycles. The molecule has 0 amide bonds. The topological polar surface area (TPSA) is 46.2 Å². The number of hydrogen-bond acceptors (Lipinski definition) is 2. The van der Waals surface area contributed by atoms with Gasteiger partial charge in [0.25, 0.3) is 0 Å². The molecule has 0 saturated heterocycles. The maximum absolute atomic E-state index is 13.0. The van der Waals surface area contributed by atoms with Gasteiger partial charge in [-0.25, -0.2) is 4.39 Å². The molecule has 0 aromatic heterocycles. The van der Waals surface area contributed by atoms with Crippen LogP contribution in [0, 0.1) is 5.82 Å². The van der Waals surface area contributed by atoms with Crippen LogP contribution in [-0.2, 0) is 0 Å². The van der Waals surface area contributed by atoms with Gasteiger partial charge >= 0.3 is 0 Å². The van der Waals surface area contributed by atoms with Crippen molar-refractivity contribution in [2.24, 2.45) is 5.73 Å². The Labute approximate surface area is 126 Å². The van der Waals surface area contributed by atoms with E-state index in [9.17, 15) is 9.50 Å². The second-order valence-corrected chi connectivity index (χ2v) is 5.35. The van der Waals surface area contributed by atoms with Crippen LogP contribution < -0.4 is 5.73 Å². The highest BCUT2D eigenvalue weighted by Gasteiger charge is 2.23. The van der Waals surface area contributed by atoms with E-state index in [1.54, 1.807) is 30.3 Å². The summed E-state index contributed by atoms with van der Waals surface area (Å²) in [5, 5.41) is 11.4. The van der Waals surface area contributed by atoms with Crippen molar-refractivity contribution in [3.05, 3.63) is 69.5 Å². The summed E-state index contributed by atoms with van der Waals surface area (Å²) in [6.45, 7) is 0.214. The fourth-order valence-electron chi connectivity index (χ4n) is 2.12. The van der Waals surface area contributed by atoms with Crippen LogP contribution in [0.3, 0.4) is 0 Å². The third-order valence-corrected chi connectivity index (χ3v) is 3.78. The van der Waals surface area contributed by atoms with E-state index < -0.39 is 6.10 Å². The maximum Gasteiger partial charge on any atom is 0.123 e. The van der Waals surface area contributed by atoms with Crippen LogP contribution in [-0.4, -0.2) is 11.7 Å². The number of hydrogen-bond donors (Lipinski definition) is 2. The highest BCUT2D eigenvalue weighted by Crippen LogP contribution is 2.35. The molecule has 20 heavy (non-hydrogen) atoms. The van der Waals surface area contributed by atoms with E-state index in [1.807, 2.05) is 0 Å². The van der Waals surface area contributed by atoms with Crippen LogP contribution in [0.2, 0.25) is 10.0 Å². The zero-order valence-electron chi connectivity index (χ0n) is 10.6. The average Bonchev–Trinajstić information content (AvgIpc) is 2.41. The molecule has 0 spiro atoms. The summed E-state index contributed by atoms with van der Waals surface area (Å²) in [5.74, 6) is -0.696. The minimum absolute atomic E-state index is 0.214. The van der Waals surface area contributed by atoms with Crippen LogP contribution in [0.1, 0.15) is 23.1 Å². The van der Waals surface area contributed by atoms with Gasteiger partial charge in [0.15, 0.2) is 0 Å². The van der Waals surface area contributed by atoms with Crippen molar-refractivity contribution in [3.8, 4) is 0 Å². The Hall–Kier alpha value is -1.13. The number of nitrogens with two attached hydrogens (primary N) is 1. The highest BCUT2D eigenvalue weighted by molar-refractivity contribution is 6.35. The van der Waals surface area contributed by atoms with Gasteiger partial charge in [0, 0.05) is 22.5 Å². The van der Waals surface area contributed by atoms with E-state index in [-0.39, 0.29) is 18.3 Å². The van der Waals surface area contributed by atoms with E-state index in [2.05, 4.69) is 0 Å². The van der Waals surface area contributed by atoms with Crippen molar-refractivity contribution in [2.75, 3.05) is 6.54 Å². The van der Waals surface area contributed by atoms with Crippen molar-refractivity contribution >= 4 is 23.2 Å². The molecule has 0 radical (unpaired) electrons. The third kappa shape index (κ3) is 3.30. The first-order valence-corrected chi connectivity index (χ1v) is 6.87. The minimum atomic E-state index is -0.879. The number of benzene rings is 2. The molecule has 2 nitrogen and oxygen atoms in total. The first kappa shape index (κ1) is 15.3. The van der Waals surface area contributed by atoms with Crippen molar-refractivity contribution in [3.63, 3.8) is 0 Å². The SMILES string of the molecule is NCC(c1ccc(F)cc1)C(O)c1ccc(Cl)cc1Cl. The number of halogens is 3. The number of rotatable bonds is 4. The molecule has 2 rings (SSSR count). The second-order valence-electron chi connectivity index (χ2n) is 4.50. The first-order valence-electron chi connectivity index (χ1n) is 6.11. The van der Waals surface area contributed by atoms with E-state index in [1.165, 1.54) is 12.1 Å². The van der Waals surface area contributed by atoms with Gasteiger partial charge in [-0.1, -0.05) is 41.4 Å². The zero-order valence-corrected chi connectivity index (χ0v) is 12.1. The summed E-state index contributed by atoms with van der Waals surface area (Å²) in [4.78, 5) is 0. The fraction of sp³-hybridized carbons (Fsp3) is 0.200. The lowest BCUT2D eigenvalue weighted by atomic mass is 9.89. The van der Waals surface area contributed by atoms with Gasteiger partial charge in [-0.3, -0.25) is 0 Å². The van der Waals surface area contributed by atoms with Gasteiger partial charge in [0.2, 0.25) is 0 Å². The molecule has 5 heteroatoms. The number of aliphatic hydroxyl groups is 1. The molecule has 106 valence electrons. The summed E-state index contributed by atoms with van der Waals surface area (Å²) >= 11 is 11.9. The third-order valence-electron chi connectivity index (χ3n) is 3.21. The Morgan fingerprint density at radius 2 is 1.75 bits per heavy atom. The van der Waals surface area contributed by atoms with Gasteiger partial charge in [0.1, 0.15) is 5.82 Å². The standard InChI is InChI=1S/C15H14Cl2FNO/c16-10-3-6-12(14(17)7-10)15(20)13(8-19)9-1-4-11(18)5-2-9/h1-7,13,15,20H,8,19H2. The molecule has 2 aromatic rings. The van der Waals surface area contributed by atoms with Crippen molar-refractivity contribution in [2.45, 2.75) is 12.0 Å². The van der Waals surface area contributed by atoms with Crippen molar-refractivity contribution in [1.82, 2.24) is 0 Å². The van der Waals surface area contributed by atoms with Crippen LogP contribution >= 0.6 is 23.2 Å². The summed E-state index contributed by atoms with van der Waals surface area (Å²) < 4.78 is 13.0. The van der Waals surface area contributed by atoms with Gasteiger partial charge in [0.05, 0.1) is 6.10 Å². The quantitative estimate of drug-likeness (QED) is 0.899. The molecule has 0 saturated carbocycles. The van der Waals surface area contributed by atoms with Gasteiger partial charge in [-0.2, -0.15) is 0 Å². The predicted molar refractivity (Wildman–Crippen MR) is 79.6 cm³/mol. The van der Waals surface area contributed by atoms with Gasteiger partial charge in [-0.05, 0) is 35.4 Å². The molecule has 0 bridgehead atoms. The zero-order chi connectivity index (χ0) is 14.7. The lowest BCUT2D eigenvalue weighted by Gasteiger charge is -2.23. The molecule has 0 aliphatic rings. The summed E-state index contributed by atoms with van der Waals surface area (Å²) in [6.07, 6.45) is -0.879. The Kier molecular flexibility index (Phi) is 5.00. The monoisotopic (exact) mass is 313 g/mol. The Bertz CT molecular complexity index is 589. The molecule has 0 heterocycles. The van der Waals surface area contributed by atoms with E-state index in [0.29, 0.717) is 15.6 Å². The predicted octanol–water partition coefficient (Wildman–Crippen LogP) is 3.91. The van der Waals surface area contributed by atoms with E-state index in [4.69, 9.17) is 28.9 Å². The largest absolute Gasteiger partial charge is 0.388 e. The van der Waals surface area contributed by atoms with Crippen molar-refractivity contribution < 1.29 is 9.50 Å². The van der Waals surface area contributed by atoms with Gasteiger partial charge < -0.3 is 10.8 Å². The van der Waals surface area contributed by atoms with Crippen molar-refractivity contribution in [1.29, 1.82) is 0 Å².